The van der Waals surface area contributed by atoms with E-state index in [9.17, 15) is 9.59 Å². The highest BCUT2D eigenvalue weighted by atomic mass is 16.6. The van der Waals surface area contributed by atoms with E-state index < -0.39 is 5.60 Å². The van der Waals surface area contributed by atoms with Crippen LogP contribution in [0.3, 0.4) is 0 Å². The summed E-state index contributed by atoms with van der Waals surface area (Å²) in [7, 11) is 0. The van der Waals surface area contributed by atoms with Crippen molar-refractivity contribution < 1.29 is 19.1 Å². The maximum Gasteiger partial charge on any atom is 0.410 e. The molecule has 0 unspecified atom stereocenters. The molecule has 0 N–H and O–H groups in total. The van der Waals surface area contributed by atoms with Gasteiger partial charge in [0, 0.05) is 25.7 Å². The lowest BCUT2D eigenvalue weighted by Gasteiger charge is -2.46. The van der Waals surface area contributed by atoms with Crippen LogP contribution in [0.15, 0.2) is 30.3 Å². The molecular formula is C24H36N2O4. The molecule has 1 aromatic rings. The van der Waals surface area contributed by atoms with Crippen LogP contribution in [0.25, 0.3) is 0 Å². The molecule has 2 fully saturated rings. The third-order valence-corrected chi connectivity index (χ3v) is 6.13. The first-order valence-corrected chi connectivity index (χ1v) is 11.1. The summed E-state index contributed by atoms with van der Waals surface area (Å²) in [6.07, 6.45) is 4.49. The van der Waals surface area contributed by atoms with Gasteiger partial charge in [-0.3, -0.25) is 0 Å². The van der Waals surface area contributed by atoms with Gasteiger partial charge in [0.2, 0.25) is 0 Å². The van der Waals surface area contributed by atoms with Crippen molar-refractivity contribution in [3.05, 3.63) is 35.9 Å². The quantitative estimate of drug-likeness (QED) is 0.661. The van der Waals surface area contributed by atoms with E-state index in [1.165, 1.54) is 6.42 Å². The monoisotopic (exact) mass is 416 g/mol. The Balaban J connectivity index is 1.52. The molecule has 30 heavy (non-hydrogen) atoms. The molecule has 1 aliphatic carbocycles. The van der Waals surface area contributed by atoms with Crippen LogP contribution in [0.5, 0.6) is 0 Å². The van der Waals surface area contributed by atoms with Crippen LogP contribution in [-0.4, -0.2) is 53.3 Å². The van der Waals surface area contributed by atoms with E-state index in [1.54, 1.807) is 4.90 Å². The Labute approximate surface area is 180 Å². The zero-order valence-electron chi connectivity index (χ0n) is 18.9. The lowest BCUT2D eigenvalue weighted by atomic mass is 9.78. The van der Waals surface area contributed by atoms with Crippen LogP contribution in [0.2, 0.25) is 0 Å². The molecule has 3 rings (SSSR count). The predicted octanol–water partition coefficient (Wildman–Crippen LogP) is 5.21. The number of hydrogen-bond donors (Lipinski definition) is 0. The van der Waals surface area contributed by atoms with E-state index in [4.69, 9.17) is 9.47 Å². The van der Waals surface area contributed by atoms with E-state index in [-0.39, 0.29) is 23.6 Å². The molecule has 1 aromatic carbocycles. The summed E-state index contributed by atoms with van der Waals surface area (Å²) in [6, 6.07) is 10.0. The van der Waals surface area contributed by atoms with Crippen LogP contribution < -0.4 is 0 Å². The van der Waals surface area contributed by atoms with Gasteiger partial charge in [-0.05, 0) is 63.9 Å². The van der Waals surface area contributed by atoms with Crippen molar-refractivity contribution in [2.24, 2.45) is 5.41 Å². The topological polar surface area (TPSA) is 59.1 Å². The Kier molecular flexibility index (Phi) is 6.94. The summed E-state index contributed by atoms with van der Waals surface area (Å²) < 4.78 is 11.2. The zero-order chi connectivity index (χ0) is 21.8. The Morgan fingerprint density at radius 3 is 2.30 bits per heavy atom. The molecule has 0 radical (unpaired) electrons. The van der Waals surface area contributed by atoms with E-state index in [0.29, 0.717) is 26.2 Å². The molecule has 0 atom stereocenters. The molecule has 6 heteroatoms. The number of carbonyl (C=O) groups is 2. The number of ether oxygens (including phenoxy) is 2. The van der Waals surface area contributed by atoms with E-state index in [0.717, 1.165) is 31.2 Å². The number of rotatable bonds is 5. The first-order valence-electron chi connectivity index (χ1n) is 11.1. The average Bonchev–Trinajstić information content (AvgIpc) is 2.64. The van der Waals surface area contributed by atoms with Crippen molar-refractivity contribution in [1.82, 2.24) is 9.80 Å². The molecule has 0 bridgehead atoms. The fraction of sp³-hybridized carbons (Fsp3) is 0.667. The van der Waals surface area contributed by atoms with Crippen molar-refractivity contribution in [1.29, 1.82) is 0 Å². The minimum atomic E-state index is -0.494. The van der Waals surface area contributed by atoms with Gasteiger partial charge in [0.15, 0.2) is 0 Å². The maximum atomic E-state index is 12.8. The molecular weight excluding hydrogens is 380 g/mol. The second-order valence-corrected chi connectivity index (χ2v) is 10.0. The van der Waals surface area contributed by atoms with Gasteiger partial charge in [0.1, 0.15) is 12.2 Å². The number of benzene rings is 1. The van der Waals surface area contributed by atoms with Crippen LogP contribution in [-0.2, 0) is 16.1 Å². The third-order valence-electron chi connectivity index (χ3n) is 6.13. The summed E-state index contributed by atoms with van der Waals surface area (Å²) in [5.41, 5.74) is 0.468. The molecule has 2 aliphatic rings. The van der Waals surface area contributed by atoms with Gasteiger partial charge in [-0.25, -0.2) is 9.59 Å². The third kappa shape index (κ3) is 6.13. The standard InChI is InChI=1S/C24H36N2O4/c1-23(2,3)30-22(28)26(20-11-8-12-20)18-24(4)13-15-25(16-14-24)21(27)29-17-19-9-6-5-7-10-19/h5-7,9-10,20H,8,11-18H2,1-4H3. The lowest BCUT2D eigenvalue weighted by Crippen LogP contribution is -2.53. The fourth-order valence-corrected chi connectivity index (χ4v) is 3.97. The molecule has 166 valence electrons. The Hall–Kier alpha value is -2.24. The summed E-state index contributed by atoms with van der Waals surface area (Å²) in [6.45, 7) is 10.2. The lowest BCUT2D eigenvalue weighted by molar-refractivity contribution is -0.0133. The predicted molar refractivity (Wildman–Crippen MR) is 116 cm³/mol. The minimum Gasteiger partial charge on any atom is -0.445 e. The highest BCUT2D eigenvalue weighted by molar-refractivity contribution is 5.69. The highest BCUT2D eigenvalue weighted by Gasteiger charge is 2.39. The highest BCUT2D eigenvalue weighted by Crippen LogP contribution is 2.36. The number of amides is 2. The first-order chi connectivity index (χ1) is 14.2. The van der Waals surface area contributed by atoms with Gasteiger partial charge < -0.3 is 19.3 Å². The molecule has 1 aliphatic heterocycles. The summed E-state index contributed by atoms with van der Waals surface area (Å²) in [5, 5.41) is 0. The number of piperidine rings is 1. The summed E-state index contributed by atoms with van der Waals surface area (Å²) in [5.74, 6) is 0. The van der Waals surface area contributed by atoms with E-state index >= 15 is 0 Å². The Morgan fingerprint density at radius 2 is 1.77 bits per heavy atom. The van der Waals surface area contributed by atoms with Crippen LogP contribution >= 0.6 is 0 Å². The maximum absolute atomic E-state index is 12.8. The Bertz CT molecular complexity index is 716. The van der Waals surface area contributed by atoms with Crippen molar-refractivity contribution >= 4 is 12.2 Å². The fourth-order valence-electron chi connectivity index (χ4n) is 3.97. The van der Waals surface area contributed by atoms with Gasteiger partial charge in [0.05, 0.1) is 0 Å². The first kappa shape index (κ1) is 22.4. The van der Waals surface area contributed by atoms with Crippen LogP contribution in [0, 0.1) is 5.41 Å². The SMILES string of the molecule is CC1(CN(C(=O)OC(C)(C)C)C2CCC2)CCN(C(=O)OCc2ccccc2)CC1. The number of likely N-dealkylation sites (tertiary alicyclic amines) is 1. The Morgan fingerprint density at radius 1 is 1.13 bits per heavy atom. The molecule has 0 spiro atoms. The summed E-state index contributed by atoms with van der Waals surface area (Å²) in [4.78, 5) is 29.0. The minimum absolute atomic E-state index is 0.0251. The molecule has 1 heterocycles. The van der Waals surface area contributed by atoms with Crippen molar-refractivity contribution in [3.63, 3.8) is 0 Å². The average molecular weight is 417 g/mol. The summed E-state index contributed by atoms with van der Waals surface area (Å²) >= 11 is 0. The molecule has 0 aromatic heterocycles. The van der Waals surface area contributed by atoms with Gasteiger partial charge in [-0.1, -0.05) is 37.3 Å². The van der Waals surface area contributed by atoms with Gasteiger partial charge in [-0.15, -0.1) is 0 Å². The second-order valence-electron chi connectivity index (χ2n) is 10.0. The molecule has 6 nitrogen and oxygen atoms in total. The largest absolute Gasteiger partial charge is 0.445 e. The van der Waals surface area contributed by atoms with Gasteiger partial charge in [-0.2, -0.15) is 0 Å². The van der Waals surface area contributed by atoms with Crippen molar-refractivity contribution in [2.75, 3.05) is 19.6 Å². The van der Waals surface area contributed by atoms with Gasteiger partial charge >= 0.3 is 12.2 Å². The number of hydrogen-bond acceptors (Lipinski definition) is 4. The van der Waals surface area contributed by atoms with Crippen molar-refractivity contribution in [2.45, 2.75) is 78.0 Å². The van der Waals surface area contributed by atoms with Crippen LogP contribution in [0.4, 0.5) is 9.59 Å². The smallest absolute Gasteiger partial charge is 0.410 e. The zero-order valence-corrected chi connectivity index (χ0v) is 18.9. The molecule has 1 saturated heterocycles. The van der Waals surface area contributed by atoms with Crippen molar-refractivity contribution in [3.8, 4) is 0 Å². The van der Waals surface area contributed by atoms with E-state index in [2.05, 4.69) is 6.92 Å². The second kappa shape index (κ2) is 9.27. The normalized spacial score (nSPS) is 19.0. The number of carbonyl (C=O) groups excluding carboxylic acids is 2. The number of nitrogens with zero attached hydrogens (tertiary/aromatic N) is 2. The van der Waals surface area contributed by atoms with Gasteiger partial charge in [0.25, 0.3) is 0 Å². The van der Waals surface area contributed by atoms with Crippen LogP contribution in [0.1, 0.15) is 65.4 Å². The van der Waals surface area contributed by atoms with E-state index in [1.807, 2.05) is 56.0 Å². The molecule has 1 saturated carbocycles. The molecule has 2 amide bonds.